The van der Waals surface area contributed by atoms with Gasteiger partial charge in [-0.2, -0.15) is 0 Å². The molecule has 0 saturated carbocycles. The van der Waals surface area contributed by atoms with Crippen molar-refractivity contribution in [2.45, 2.75) is 38.6 Å². The number of carbonyl (C=O) groups is 1. The molecule has 1 aliphatic rings. The van der Waals surface area contributed by atoms with Crippen molar-refractivity contribution < 1.29 is 4.79 Å². The van der Waals surface area contributed by atoms with Gasteiger partial charge in [0.05, 0.1) is 0 Å². The van der Waals surface area contributed by atoms with Crippen LogP contribution in [0.4, 0.5) is 0 Å². The van der Waals surface area contributed by atoms with Crippen LogP contribution in [0.1, 0.15) is 43.0 Å². The topological polar surface area (TPSA) is 46.3 Å². The van der Waals surface area contributed by atoms with Crippen LogP contribution in [0.3, 0.4) is 0 Å². The van der Waals surface area contributed by atoms with Crippen LogP contribution in [0.25, 0.3) is 0 Å². The molecule has 0 radical (unpaired) electrons. The summed E-state index contributed by atoms with van der Waals surface area (Å²) in [5.74, 6) is 0.689. The van der Waals surface area contributed by atoms with Crippen molar-refractivity contribution in [1.82, 2.24) is 4.90 Å². The van der Waals surface area contributed by atoms with Gasteiger partial charge < -0.3 is 10.6 Å². The summed E-state index contributed by atoms with van der Waals surface area (Å²) in [4.78, 5) is 14.4. The third-order valence-electron chi connectivity index (χ3n) is 3.84. The average Bonchev–Trinajstić information content (AvgIpc) is 2.44. The third kappa shape index (κ3) is 3.80. The number of hydrogen-bond donors (Lipinski definition) is 1. The number of unbranched alkanes of at least 4 members (excludes halogenated alkanes) is 1. The molecular formula is C16H24N2O. The van der Waals surface area contributed by atoms with E-state index in [2.05, 4.69) is 6.92 Å². The number of amides is 1. The van der Waals surface area contributed by atoms with Crippen LogP contribution in [-0.2, 0) is 0 Å². The van der Waals surface area contributed by atoms with Crippen LogP contribution in [0.2, 0.25) is 0 Å². The minimum Gasteiger partial charge on any atom is -0.337 e. The summed E-state index contributed by atoms with van der Waals surface area (Å²) in [7, 11) is 0. The van der Waals surface area contributed by atoms with Crippen LogP contribution < -0.4 is 5.73 Å². The number of likely N-dealkylation sites (tertiary alicyclic amines) is 1. The van der Waals surface area contributed by atoms with Gasteiger partial charge in [-0.15, -0.1) is 0 Å². The summed E-state index contributed by atoms with van der Waals surface area (Å²) in [5.41, 5.74) is 6.88. The Morgan fingerprint density at radius 1 is 1.32 bits per heavy atom. The van der Waals surface area contributed by atoms with Crippen LogP contribution in [0.15, 0.2) is 30.3 Å². The zero-order valence-electron chi connectivity index (χ0n) is 11.7. The molecule has 1 heterocycles. The Labute approximate surface area is 115 Å². The molecule has 2 rings (SSSR count). The van der Waals surface area contributed by atoms with E-state index in [4.69, 9.17) is 5.73 Å². The molecule has 0 bridgehead atoms. The van der Waals surface area contributed by atoms with Gasteiger partial charge >= 0.3 is 0 Å². The van der Waals surface area contributed by atoms with Crippen molar-refractivity contribution >= 4 is 5.91 Å². The van der Waals surface area contributed by atoms with E-state index in [1.807, 2.05) is 35.2 Å². The quantitative estimate of drug-likeness (QED) is 0.904. The van der Waals surface area contributed by atoms with Crippen molar-refractivity contribution in [3.05, 3.63) is 35.9 Å². The lowest BCUT2D eigenvalue weighted by atomic mass is 9.90. The van der Waals surface area contributed by atoms with Crippen LogP contribution >= 0.6 is 0 Å². The Morgan fingerprint density at radius 3 is 2.74 bits per heavy atom. The maximum Gasteiger partial charge on any atom is 0.253 e. The fourth-order valence-electron chi connectivity index (χ4n) is 2.88. The lowest BCUT2D eigenvalue weighted by Gasteiger charge is -2.36. The van der Waals surface area contributed by atoms with Gasteiger partial charge in [-0.25, -0.2) is 0 Å². The predicted molar refractivity (Wildman–Crippen MR) is 78.0 cm³/mol. The lowest BCUT2D eigenvalue weighted by Crippen LogP contribution is -2.49. The molecule has 0 aliphatic carbocycles. The number of hydrogen-bond acceptors (Lipinski definition) is 2. The SMILES string of the molecule is CCCCC1CC(N)CN(C(=O)c2ccccc2)C1. The van der Waals surface area contributed by atoms with E-state index in [0.29, 0.717) is 12.5 Å². The third-order valence-corrected chi connectivity index (χ3v) is 3.84. The highest BCUT2D eigenvalue weighted by atomic mass is 16.2. The van der Waals surface area contributed by atoms with E-state index in [1.54, 1.807) is 0 Å². The summed E-state index contributed by atoms with van der Waals surface area (Å²) >= 11 is 0. The second-order valence-corrected chi connectivity index (χ2v) is 5.58. The van der Waals surface area contributed by atoms with E-state index in [1.165, 1.54) is 19.3 Å². The summed E-state index contributed by atoms with van der Waals surface area (Å²) < 4.78 is 0. The molecule has 3 nitrogen and oxygen atoms in total. The van der Waals surface area contributed by atoms with Gasteiger partial charge in [-0.3, -0.25) is 4.79 Å². The molecule has 0 spiro atoms. The Hall–Kier alpha value is -1.35. The average molecular weight is 260 g/mol. The number of nitrogens with zero attached hydrogens (tertiary/aromatic N) is 1. The molecule has 1 saturated heterocycles. The zero-order valence-corrected chi connectivity index (χ0v) is 11.7. The number of benzene rings is 1. The number of nitrogens with two attached hydrogens (primary N) is 1. The minimum atomic E-state index is 0.122. The van der Waals surface area contributed by atoms with E-state index in [0.717, 1.165) is 18.5 Å². The fraction of sp³-hybridized carbons (Fsp3) is 0.562. The van der Waals surface area contributed by atoms with E-state index >= 15 is 0 Å². The Balaban J connectivity index is 2.01. The van der Waals surface area contributed by atoms with Crippen molar-refractivity contribution in [2.24, 2.45) is 11.7 Å². The summed E-state index contributed by atoms with van der Waals surface area (Å²) in [5, 5.41) is 0. The van der Waals surface area contributed by atoms with Gasteiger partial charge in [0.15, 0.2) is 0 Å². The minimum absolute atomic E-state index is 0.122. The lowest BCUT2D eigenvalue weighted by molar-refractivity contribution is 0.0642. The van der Waals surface area contributed by atoms with Crippen molar-refractivity contribution in [3.8, 4) is 0 Å². The summed E-state index contributed by atoms with van der Waals surface area (Å²) in [6, 6.07) is 9.64. The number of carbonyl (C=O) groups excluding carboxylic acids is 1. The van der Waals surface area contributed by atoms with E-state index in [9.17, 15) is 4.79 Å². The van der Waals surface area contributed by atoms with Crippen molar-refractivity contribution in [1.29, 1.82) is 0 Å². The van der Waals surface area contributed by atoms with Crippen molar-refractivity contribution in [2.75, 3.05) is 13.1 Å². The second-order valence-electron chi connectivity index (χ2n) is 5.58. The molecule has 3 heteroatoms. The molecule has 1 aromatic rings. The van der Waals surface area contributed by atoms with Gasteiger partial charge in [0, 0.05) is 24.7 Å². The zero-order chi connectivity index (χ0) is 13.7. The van der Waals surface area contributed by atoms with Gasteiger partial charge in [0.1, 0.15) is 0 Å². The molecule has 2 atom stereocenters. The van der Waals surface area contributed by atoms with Crippen LogP contribution in [0, 0.1) is 5.92 Å². The maximum absolute atomic E-state index is 12.4. The molecule has 2 unspecified atom stereocenters. The number of rotatable bonds is 4. The Bertz CT molecular complexity index is 404. The summed E-state index contributed by atoms with van der Waals surface area (Å²) in [6.45, 7) is 3.76. The molecule has 1 amide bonds. The first kappa shape index (κ1) is 14.1. The highest BCUT2D eigenvalue weighted by Crippen LogP contribution is 2.22. The largest absolute Gasteiger partial charge is 0.337 e. The first-order valence-corrected chi connectivity index (χ1v) is 7.30. The summed E-state index contributed by atoms with van der Waals surface area (Å²) in [6.07, 6.45) is 4.67. The molecule has 1 aromatic carbocycles. The van der Waals surface area contributed by atoms with E-state index < -0.39 is 0 Å². The van der Waals surface area contributed by atoms with E-state index in [-0.39, 0.29) is 11.9 Å². The Kier molecular flexibility index (Phi) is 4.97. The van der Waals surface area contributed by atoms with Crippen LogP contribution in [-0.4, -0.2) is 29.9 Å². The van der Waals surface area contributed by atoms with Gasteiger partial charge in [-0.1, -0.05) is 38.0 Å². The standard InChI is InChI=1S/C16H24N2O/c1-2-3-7-13-10-15(17)12-18(11-13)16(19)14-8-5-4-6-9-14/h4-6,8-9,13,15H,2-3,7,10-12,17H2,1H3. The maximum atomic E-state index is 12.4. The molecule has 2 N–H and O–H groups in total. The predicted octanol–water partition coefficient (Wildman–Crippen LogP) is 2.67. The first-order chi connectivity index (χ1) is 9.20. The highest BCUT2D eigenvalue weighted by molar-refractivity contribution is 5.94. The Morgan fingerprint density at radius 2 is 2.05 bits per heavy atom. The normalized spacial score (nSPS) is 23.4. The van der Waals surface area contributed by atoms with Gasteiger partial charge in [0.2, 0.25) is 0 Å². The van der Waals surface area contributed by atoms with Gasteiger partial charge in [-0.05, 0) is 30.9 Å². The van der Waals surface area contributed by atoms with Gasteiger partial charge in [0.25, 0.3) is 5.91 Å². The molecule has 1 fully saturated rings. The molecule has 0 aromatic heterocycles. The molecule has 1 aliphatic heterocycles. The smallest absolute Gasteiger partial charge is 0.253 e. The fourth-order valence-corrected chi connectivity index (χ4v) is 2.88. The van der Waals surface area contributed by atoms with Crippen molar-refractivity contribution in [3.63, 3.8) is 0 Å². The second kappa shape index (κ2) is 6.71. The van der Waals surface area contributed by atoms with Crippen LogP contribution in [0.5, 0.6) is 0 Å². The monoisotopic (exact) mass is 260 g/mol. The number of piperidine rings is 1. The molecule has 19 heavy (non-hydrogen) atoms. The molecule has 104 valence electrons. The molecular weight excluding hydrogens is 236 g/mol. The highest BCUT2D eigenvalue weighted by Gasteiger charge is 2.28. The first-order valence-electron chi connectivity index (χ1n) is 7.30.